The van der Waals surface area contributed by atoms with Crippen molar-refractivity contribution >= 4 is 33.4 Å². The molecule has 5 nitrogen and oxygen atoms in total. The fourth-order valence-corrected chi connectivity index (χ4v) is 5.49. The fraction of sp³-hybridized carbons (Fsp3) is 0.562. The van der Waals surface area contributed by atoms with Crippen molar-refractivity contribution in [2.75, 3.05) is 5.32 Å². The molecule has 7 heteroatoms. The lowest BCUT2D eigenvalue weighted by Gasteiger charge is -2.22. The Morgan fingerprint density at radius 1 is 1.22 bits per heavy atom. The van der Waals surface area contributed by atoms with E-state index in [-0.39, 0.29) is 22.1 Å². The zero-order valence-corrected chi connectivity index (χ0v) is 14.8. The standard InChI is InChI=1S/C16H22N2O3S2/c1-11-9-16(19)17-14-10-13(7-8-15(14)22-11)23(20,21)18-12-5-3-2-4-6-12/h7-8,10-12,18H,2-6,9H2,1H3,(H,17,19). The van der Waals surface area contributed by atoms with Crippen LogP contribution >= 0.6 is 11.8 Å². The largest absolute Gasteiger partial charge is 0.325 e. The molecule has 2 N–H and O–H groups in total. The molecule has 1 atom stereocenters. The Balaban J connectivity index is 1.84. The van der Waals surface area contributed by atoms with Gasteiger partial charge in [-0.15, -0.1) is 11.8 Å². The molecule has 0 radical (unpaired) electrons. The predicted molar refractivity (Wildman–Crippen MR) is 92.2 cm³/mol. The van der Waals surface area contributed by atoms with Gasteiger partial charge in [0.25, 0.3) is 0 Å². The monoisotopic (exact) mass is 354 g/mol. The summed E-state index contributed by atoms with van der Waals surface area (Å²) in [6.45, 7) is 1.99. The number of rotatable bonds is 3. The van der Waals surface area contributed by atoms with Gasteiger partial charge in [0, 0.05) is 22.6 Å². The number of carbonyl (C=O) groups is 1. The first-order valence-electron chi connectivity index (χ1n) is 8.07. The number of sulfonamides is 1. The van der Waals surface area contributed by atoms with Crippen molar-refractivity contribution < 1.29 is 13.2 Å². The molecule has 1 fully saturated rings. The first kappa shape index (κ1) is 16.8. The van der Waals surface area contributed by atoms with Crippen LogP contribution < -0.4 is 10.0 Å². The summed E-state index contributed by atoms with van der Waals surface area (Å²) in [6, 6.07) is 5.01. The van der Waals surface area contributed by atoms with Gasteiger partial charge in [-0.25, -0.2) is 13.1 Å². The topological polar surface area (TPSA) is 75.3 Å². The lowest BCUT2D eigenvalue weighted by molar-refractivity contribution is -0.116. The van der Waals surface area contributed by atoms with Crippen molar-refractivity contribution in [3.05, 3.63) is 18.2 Å². The Hall–Kier alpha value is -1.05. The molecule has 1 aliphatic heterocycles. The van der Waals surface area contributed by atoms with Gasteiger partial charge in [0.1, 0.15) is 0 Å². The first-order chi connectivity index (χ1) is 10.9. The number of benzene rings is 1. The van der Waals surface area contributed by atoms with E-state index in [0.717, 1.165) is 30.6 Å². The van der Waals surface area contributed by atoms with Crippen LogP contribution in [0.5, 0.6) is 0 Å². The van der Waals surface area contributed by atoms with Crippen molar-refractivity contribution in [1.29, 1.82) is 0 Å². The van der Waals surface area contributed by atoms with Gasteiger partial charge < -0.3 is 5.32 Å². The molecule has 0 spiro atoms. The molecule has 1 saturated carbocycles. The SMILES string of the molecule is CC1CC(=O)Nc2cc(S(=O)(=O)NC3CCCCC3)ccc2S1. The van der Waals surface area contributed by atoms with E-state index < -0.39 is 10.0 Å². The second kappa shape index (κ2) is 6.83. The predicted octanol–water partition coefficient (Wildman–Crippen LogP) is 3.12. The van der Waals surface area contributed by atoms with E-state index in [0.29, 0.717) is 12.1 Å². The van der Waals surface area contributed by atoms with E-state index in [1.54, 1.807) is 30.0 Å². The van der Waals surface area contributed by atoms with Crippen LogP contribution in [0.4, 0.5) is 5.69 Å². The molecule has 1 aromatic rings. The van der Waals surface area contributed by atoms with Crippen LogP contribution in [0.2, 0.25) is 0 Å². The average molecular weight is 354 g/mol. The van der Waals surface area contributed by atoms with E-state index in [4.69, 9.17) is 0 Å². The molecule has 0 bridgehead atoms. The van der Waals surface area contributed by atoms with Gasteiger partial charge in [-0.2, -0.15) is 0 Å². The number of thioether (sulfide) groups is 1. The number of nitrogens with one attached hydrogen (secondary N) is 2. The summed E-state index contributed by atoms with van der Waals surface area (Å²) >= 11 is 1.59. The van der Waals surface area contributed by atoms with Gasteiger partial charge >= 0.3 is 0 Å². The maximum absolute atomic E-state index is 12.6. The third-order valence-electron chi connectivity index (χ3n) is 4.26. The molecular weight excluding hydrogens is 332 g/mol. The van der Waals surface area contributed by atoms with Crippen molar-refractivity contribution in [1.82, 2.24) is 4.72 Å². The van der Waals surface area contributed by atoms with Crippen LogP contribution in [-0.4, -0.2) is 25.6 Å². The second-order valence-electron chi connectivity index (χ2n) is 6.29. The van der Waals surface area contributed by atoms with Crippen LogP contribution in [0.15, 0.2) is 28.0 Å². The van der Waals surface area contributed by atoms with E-state index in [2.05, 4.69) is 10.0 Å². The normalized spacial score (nSPS) is 23.0. The molecule has 1 amide bonds. The molecule has 2 aliphatic rings. The van der Waals surface area contributed by atoms with Crippen molar-refractivity contribution in [3.8, 4) is 0 Å². The highest BCUT2D eigenvalue weighted by atomic mass is 32.2. The van der Waals surface area contributed by atoms with E-state index >= 15 is 0 Å². The maximum atomic E-state index is 12.6. The van der Waals surface area contributed by atoms with Gasteiger partial charge in [-0.1, -0.05) is 26.2 Å². The Morgan fingerprint density at radius 2 is 1.96 bits per heavy atom. The van der Waals surface area contributed by atoms with Crippen molar-refractivity contribution in [3.63, 3.8) is 0 Å². The molecule has 1 unspecified atom stereocenters. The number of fused-ring (bicyclic) bond motifs is 1. The molecule has 0 saturated heterocycles. The van der Waals surface area contributed by atoms with Gasteiger partial charge in [0.05, 0.1) is 10.6 Å². The molecule has 0 aromatic heterocycles. The van der Waals surface area contributed by atoms with E-state index in [1.165, 1.54) is 6.42 Å². The Bertz CT molecular complexity index is 697. The third kappa shape index (κ3) is 4.08. The average Bonchev–Trinajstić information content (AvgIpc) is 2.63. The lowest BCUT2D eigenvalue weighted by atomic mass is 9.96. The molecule has 126 valence electrons. The molecule has 3 rings (SSSR count). The minimum Gasteiger partial charge on any atom is -0.325 e. The Morgan fingerprint density at radius 3 is 2.70 bits per heavy atom. The maximum Gasteiger partial charge on any atom is 0.240 e. The van der Waals surface area contributed by atoms with E-state index in [9.17, 15) is 13.2 Å². The fourth-order valence-electron chi connectivity index (χ4n) is 3.11. The van der Waals surface area contributed by atoms with Gasteiger partial charge in [0.15, 0.2) is 0 Å². The van der Waals surface area contributed by atoms with Crippen LogP contribution in [0.1, 0.15) is 45.4 Å². The molecular formula is C16H22N2O3S2. The number of hydrogen-bond acceptors (Lipinski definition) is 4. The van der Waals surface area contributed by atoms with Crippen molar-refractivity contribution in [2.45, 2.75) is 66.5 Å². The summed E-state index contributed by atoms with van der Waals surface area (Å²) in [6.07, 6.45) is 5.55. The molecule has 1 aromatic carbocycles. The minimum atomic E-state index is -3.55. The van der Waals surface area contributed by atoms with Crippen LogP contribution in [0.3, 0.4) is 0 Å². The summed E-state index contributed by atoms with van der Waals surface area (Å²) < 4.78 is 28.0. The minimum absolute atomic E-state index is 0.0246. The van der Waals surface area contributed by atoms with E-state index in [1.807, 2.05) is 6.92 Å². The lowest BCUT2D eigenvalue weighted by Crippen LogP contribution is -2.36. The number of carbonyl (C=O) groups excluding carboxylic acids is 1. The van der Waals surface area contributed by atoms with Gasteiger partial charge in [-0.05, 0) is 31.0 Å². The van der Waals surface area contributed by atoms with Crippen LogP contribution in [0.25, 0.3) is 0 Å². The Kier molecular flexibility index (Phi) is 4.98. The molecule has 23 heavy (non-hydrogen) atoms. The summed E-state index contributed by atoms with van der Waals surface area (Å²) in [5.74, 6) is -0.0708. The van der Waals surface area contributed by atoms with Crippen molar-refractivity contribution in [2.24, 2.45) is 0 Å². The summed E-state index contributed by atoms with van der Waals surface area (Å²) in [5, 5.41) is 3.00. The first-order valence-corrected chi connectivity index (χ1v) is 10.4. The summed E-state index contributed by atoms with van der Waals surface area (Å²) in [5.41, 5.74) is 0.593. The zero-order valence-electron chi connectivity index (χ0n) is 13.2. The second-order valence-corrected chi connectivity index (χ2v) is 9.49. The third-order valence-corrected chi connectivity index (χ3v) is 6.96. The van der Waals surface area contributed by atoms with Gasteiger partial charge in [-0.3, -0.25) is 4.79 Å². The van der Waals surface area contributed by atoms with Crippen LogP contribution in [-0.2, 0) is 14.8 Å². The highest BCUT2D eigenvalue weighted by Gasteiger charge is 2.24. The summed E-state index contributed by atoms with van der Waals surface area (Å²) in [4.78, 5) is 13.0. The summed E-state index contributed by atoms with van der Waals surface area (Å²) in [7, 11) is -3.55. The molecule has 1 heterocycles. The highest BCUT2D eigenvalue weighted by Crippen LogP contribution is 2.36. The van der Waals surface area contributed by atoms with Gasteiger partial charge in [0.2, 0.25) is 15.9 Å². The number of hydrogen-bond donors (Lipinski definition) is 2. The Labute approximate surface area is 141 Å². The molecule has 1 aliphatic carbocycles. The number of amides is 1. The van der Waals surface area contributed by atoms with Crippen LogP contribution in [0, 0.1) is 0 Å². The highest BCUT2D eigenvalue weighted by molar-refractivity contribution is 8.00. The smallest absolute Gasteiger partial charge is 0.240 e. The zero-order chi connectivity index (χ0) is 16.4. The number of anilines is 1. The quantitative estimate of drug-likeness (QED) is 0.874.